The van der Waals surface area contributed by atoms with Crippen LogP contribution in [0.5, 0.6) is 0 Å². The molecule has 0 amide bonds. The summed E-state index contributed by atoms with van der Waals surface area (Å²) in [4.78, 5) is 0. The van der Waals surface area contributed by atoms with Crippen LogP contribution in [0.15, 0.2) is 0 Å². The lowest BCUT2D eigenvalue weighted by atomic mass is 9.92. The highest BCUT2D eigenvalue weighted by Crippen LogP contribution is 2.16. The number of nitrogens with one attached hydrogen (secondary N) is 2. The predicted octanol–water partition coefficient (Wildman–Crippen LogP) is 0.455. The second-order valence-corrected chi connectivity index (χ2v) is 3.92. The molecule has 1 aliphatic carbocycles. The Labute approximate surface area is 81.5 Å². The Morgan fingerprint density at radius 3 is 2.46 bits per heavy atom. The average Bonchev–Trinajstić information content (AvgIpc) is 2.15. The van der Waals surface area contributed by atoms with Crippen LogP contribution in [-0.2, 0) is 0 Å². The molecule has 0 aromatic carbocycles. The van der Waals surface area contributed by atoms with Gasteiger partial charge in [0.25, 0.3) is 0 Å². The van der Waals surface area contributed by atoms with E-state index in [2.05, 4.69) is 17.6 Å². The Bertz CT molecular complexity index is 119. The van der Waals surface area contributed by atoms with Gasteiger partial charge in [-0.1, -0.05) is 6.92 Å². The van der Waals surface area contributed by atoms with Crippen LogP contribution in [-0.4, -0.2) is 31.7 Å². The number of rotatable bonds is 5. The first kappa shape index (κ1) is 11.0. The van der Waals surface area contributed by atoms with Gasteiger partial charge >= 0.3 is 0 Å². The number of nitrogens with two attached hydrogens (primary N) is 1. The van der Waals surface area contributed by atoms with Gasteiger partial charge in [-0.2, -0.15) is 0 Å². The second-order valence-electron chi connectivity index (χ2n) is 3.92. The van der Waals surface area contributed by atoms with Gasteiger partial charge in [0.1, 0.15) is 0 Å². The first-order valence-electron chi connectivity index (χ1n) is 5.52. The summed E-state index contributed by atoms with van der Waals surface area (Å²) in [7, 11) is 0. The minimum absolute atomic E-state index is 0.465. The molecule has 78 valence electrons. The quantitative estimate of drug-likeness (QED) is 0.545. The molecule has 1 aliphatic rings. The maximum Gasteiger partial charge on any atom is 0.00793 e. The van der Waals surface area contributed by atoms with Crippen LogP contribution in [0.1, 0.15) is 32.6 Å². The molecular weight excluding hydrogens is 162 g/mol. The fourth-order valence-electron chi connectivity index (χ4n) is 1.86. The highest BCUT2D eigenvalue weighted by Gasteiger charge is 2.17. The van der Waals surface area contributed by atoms with E-state index in [4.69, 9.17) is 5.73 Å². The van der Waals surface area contributed by atoms with E-state index in [1.54, 1.807) is 0 Å². The van der Waals surface area contributed by atoms with Crippen molar-refractivity contribution in [1.82, 2.24) is 10.6 Å². The molecule has 3 nitrogen and oxygen atoms in total. The average molecular weight is 185 g/mol. The molecule has 1 rings (SSSR count). The first-order chi connectivity index (χ1) is 6.33. The molecule has 13 heavy (non-hydrogen) atoms. The fraction of sp³-hybridized carbons (Fsp3) is 1.00. The maximum absolute atomic E-state index is 5.83. The van der Waals surface area contributed by atoms with E-state index in [0.29, 0.717) is 6.04 Å². The van der Waals surface area contributed by atoms with Gasteiger partial charge in [-0.05, 0) is 32.2 Å². The highest BCUT2D eigenvalue weighted by atomic mass is 15.0. The third kappa shape index (κ3) is 4.60. The van der Waals surface area contributed by atoms with E-state index < -0.39 is 0 Å². The van der Waals surface area contributed by atoms with Crippen molar-refractivity contribution in [2.75, 3.05) is 19.6 Å². The van der Waals surface area contributed by atoms with Crippen LogP contribution in [0.4, 0.5) is 0 Å². The topological polar surface area (TPSA) is 50.1 Å². The molecule has 0 unspecified atom stereocenters. The van der Waals surface area contributed by atoms with E-state index in [-0.39, 0.29) is 0 Å². The Kier molecular flexibility index (Phi) is 5.35. The standard InChI is InChI=1S/C10H23N3/c1-2-12-7-8-13-10-5-3-9(11)4-6-10/h9-10,12-13H,2-8,11H2,1H3. The van der Waals surface area contributed by atoms with Crippen LogP contribution >= 0.6 is 0 Å². The van der Waals surface area contributed by atoms with Crippen molar-refractivity contribution in [2.24, 2.45) is 5.73 Å². The van der Waals surface area contributed by atoms with Crippen molar-refractivity contribution in [3.05, 3.63) is 0 Å². The zero-order valence-electron chi connectivity index (χ0n) is 8.68. The number of hydrogen-bond donors (Lipinski definition) is 3. The Morgan fingerprint density at radius 2 is 1.85 bits per heavy atom. The van der Waals surface area contributed by atoms with Gasteiger partial charge in [0.05, 0.1) is 0 Å². The monoisotopic (exact) mass is 185 g/mol. The molecule has 0 saturated heterocycles. The van der Waals surface area contributed by atoms with Crippen molar-refractivity contribution in [3.8, 4) is 0 Å². The minimum atomic E-state index is 0.465. The summed E-state index contributed by atoms with van der Waals surface area (Å²) in [6, 6.07) is 1.19. The molecule has 0 radical (unpaired) electrons. The predicted molar refractivity (Wildman–Crippen MR) is 56.8 cm³/mol. The molecule has 1 fully saturated rings. The molecule has 0 atom stereocenters. The van der Waals surface area contributed by atoms with Crippen LogP contribution in [0, 0.1) is 0 Å². The molecular formula is C10H23N3. The fourth-order valence-corrected chi connectivity index (χ4v) is 1.86. The normalized spacial score (nSPS) is 29.1. The van der Waals surface area contributed by atoms with E-state index in [0.717, 1.165) is 25.7 Å². The molecule has 0 aliphatic heterocycles. The van der Waals surface area contributed by atoms with E-state index in [1.807, 2.05) is 0 Å². The van der Waals surface area contributed by atoms with Gasteiger partial charge in [0, 0.05) is 25.2 Å². The van der Waals surface area contributed by atoms with Crippen molar-refractivity contribution >= 4 is 0 Å². The molecule has 1 saturated carbocycles. The number of likely N-dealkylation sites (N-methyl/N-ethyl adjacent to an activating group) is 1. The van der Waals surface area contributed by atoms with Gasteiger partial charge in [0.2, 0.25) is 0 Å². The van der Waals surface area contributed by atoms with Crippen LogP contribution in [0.3, 0.4) is 0 Å². The van der Waals surface area contributed by atoms with E-state index >= 15 is 0 Å². The smallest absolute Gasteiger partial charge is 0.00793 e. The molecule has 0 aromatic heterocycles. The van der Waals surface area contributed by atoms with Crippen molar-refractivity contribution in [3.63, 3.8) is 0 Å². The molecule has 4 N–H and O–H groups in total. The third-order valence-corrected chi connectivity index (χ3v) is 2.76. The summed E-state index contributed by atoms with van der Waals surface area (Å²) < 4.78 is 0. The Balaban J connectivity index is 1.96. The van der Waals surface area contributed by atoms with Crippen molar-refractivity contribution in [1.29, 1.82) is 0 Å². The van der Waals surface area contributed by atoms with E-state index in [9.17, 15) is 0 Å². The molecule has 0 heterocycles. The van der Waals surface area contributed by atoms with Crippen molar-refractivity contribution < 1.29 is 0 Å². The van der Waals surface area contributed by atoms with E-state index in [1.165, 1.54) is 25.7 Å². The first-order valence-corrected chi connectivity index (χ1v) is 5.52. The summed E-state index contributed by atoms with van der Waals surface area (Å²) >= 11 is 0. The lowest BCUT2D eigenvalue weighted by molar-refractivity contribution is 0.343. The summed E-state index contributed by atoms with van der Waals surface area (Å²) in [6.07, 6.45) is 4.90. The van der Waals surface area contributed by atoms with Crippen LogP contribution in [0.2, 0.25) is 0 Å². The molecule has 0 aromatic rings. The zero-order chi connectivity index (χ0) is 9.52. The summed E-state index contributed by atoms with van der Waals surface area (Å²) in [5.41, 5.74) is 5.83. The number of hydrogen-bond acceptors (Lipinski definition) is 3. The third-order valence-electron chi connectivity index (χ3n) is 2.76. The van der Waals surface area contributed by atoms with Gasteiger partial charge in [0.15, 0.2) is 0 Å². The molecule has 0 bridgehead atoms. The molecule has 3 heteroatoms. The summed E-state index contributed by atoms with van der Waals surface area (Å²) in [5, 5.41) is 6.87. The van der Waals surface area contributed by atoms with Gasteiger partial charge in [-0.25, -0.2) is 0 Å². The second kappa shape index (κ2) is 6.35. The highest BCUT2D eigenvalue weighted by molar-refractivity contribution is 4.78. The zero-order valence-corrected chi connectivity index (χ0v) is 8.68. The lowest BCUT2D eigenvalue weighted by Gasteiger charge is -2.26. The maximum atomic E-state index is 5.83. The minimum Gasteiger partial charge on any atom is -0.328 e. The van der Waals surface area contributed by atoms with Gasteiger partial charge in [-0.3, -0.25) is 0 Å². The lowest BCUT2D eigenvalue weighted by Crippen LogP contribution is -2.40. The SMILES string of the molecule is CCNCCNC1CCC(N)CC1. The Morgan fingerprint density at radius 1 is 1.15 bits per heavy atom. The largest absolute Gasteiger partial charge is 0.328 e. The van der Waals surface area contributed by atoms with Crippen LogP contribution in [0.25, 0.3) is 0 Å². The summed E-state index contributed by atoms with van der Waals surface area (Å²) in [5.74, 6) is 0. The van der Waals surface area contributed by atoms with Crippen LogP contribution < -0.4 is 16.4 Å². The molecule has 0 spiro atoms. The van der Waals surface area contributed by atoms with Gasteiger partial charge < -0.3 is 16.4 Å². The Hall–Kier alpha value is -0.120. The van der Waals surface area contributed by atoms with Crippen molar-refractivity contribution in [2.45, 2.75) is 44.7 Å². The summed E-state index contributed by atoms with van der Waals surface area (Å²) in [6.45, 7) is 5.38. The van der Waals surface area contributed by atoms with Gasteiger partial charge in [-0.15, -0.1) is 0 Å².